The maximum atomic E-state index is 9.90. The Morgan fingerprint density at radius 1 is 1.31 bits per heavy atom. The molecule has 0 spiro atoms. The molecule has 1 saturated heterocycles. The highest BCUT2D eigenvalue weighted by Crippen LogP contribution is 2.37. The monoisotopic (exact) mass is 233 g/mol. The summed E-state index contributed by atoms with van der Waals surface area (Å²) in [5, 5.41) is 28.7. The largest absolute Gasteiger partial charge is 0.394 e. The third-order valence-corrected chi connectivity index (χ3v) is 3.74. The first-order valence-electron chi connectivity index (χ1n) is 5.81. The molecule has 1 heterocycles. The minimum Gasteiger partial charge on any atom is -0.394 e. The van der Waals surface area contributed by atoms with Crippen LogP contribution in [0, 0.1) is 5.92 Å². The second kappa shape index (κ2) is 4.98. The molecule has 0 saturated carbocycles. The van der Waals surface area contributed by atoms with E-state index in [-0.39, 0.29) is 12.5 Å². The van der Waals surface area contributed by atoms with Gasteiger partial charge in [-0.25, -0.2) is 0 Å². The Kier molecular flexibility index (Phi) is 4.31. The highest BCUT2D eigenvalue weighted by molar-refractivity contribution is 5.04. The smallest absolute Gasteiger partial charge is 0.110 e. The molecule has 1 aliphatic rings. The molecule has 0 aromatic heterocycles. The van der Waals surface area contributed by atoms with Gasteiger partial charge in [-0.1, -0.05) is 20.8 Å². The summed E-state index contributed by atoms with van der Waals surface area (Å²) in [6, 6.07) is -0.643. The molecule has 0 aliphatic carbocycles. The SMILES string of the molecule is CC[C@]1(C(C)C)OC(CO)[C@@H](O)C(O)C1N. The number of hydrogen-bond donors (Lipinski definition) is 4. The van der Waals surface area contributed by atoms with Gasteiger partial charge in [0.2, 0.25) is 0 Å². The first-order valence-corrected chi connectivity index (χ1v) is 5.81. The van der Waals surface area contributed by atoms with Crippen LogP contribution in [-0.4, -0.2) is 51.9 Å². The minimum absolute atomic E-state index is 0.101. The van der Waals surface area contributed by atoms with Gasteiger partial charge >= 0.3 is 0 Å². The lowest BCUT2D eigenvalue weighted by Gasteiger charge is -2.51. The fourth-order valence-electron chi connectivity index (χ4n) is 2.55. The molecule has 0 aromatic carbocycles. The van der Waals surface area contributed by atoms with Crippen molar-refractivity contribution in [2.24, 2.45) is 11.7 Å². The van der Waals surface area contributed by atoms with Gasteiger partial charge in [-0.2, -0.15) is 0 Å². The molecule has 0 radical (unpaired) electrons. The van der Waals surface area contributed by atoms with Crippen molar-refractivity contribution in [3.05, 3.63) is 0 Å². The van der Waals surface area contributed by atoms with E-state index in [1.807, 2.05) is 20.8 Å². The summed E-state index contributed by atoms with van der Waals surface area (Å²) in [5.41, 5.74) is 5.27. The number of aliphatic hydroxyl groups is 3. The molecule has 1 aliphatic heterocycles. The maximum absolute atomic E-state index is 9.90. The van der Waals surface area contributed by atoms with Crippen molar-refractivity contribution in [2.45, 2.75) is 57.1 Å². The van der Waals surface area contributed by atoms with Crippen LogP contribution < -0.4 is 5.73 Å². The molecule has 5 heteroatoms. The molecule has 96 valence electrons. The van der Waals surface area contributed by atoms with E-state index in [0.717, 1.165) is 0 Å². The van der Waals surface area contributed by atoms with Crippen molar-refractivity contribution in [2.75, 3.05) is 6.61 Å². The Balaban J connectivity index is 3.01. The standard InChI is InChI=1S/C11H23NO4/c1-4-11(6(2)3)10(12)9(15)8(14)7(5-13)16-11/h6-10,13-15H,4-5,12H2,1-3H3/t7?,8-,9?,10?,11-/m1/s1. The predicted octanol–water partition coefficient (Wildman–Crippen LogP) is -0.769. The van der Waals surface area contributed by atoms with Crippen molar-refractivity contribution in [1.29, 1.82) is 0 Å². The summed E-state index contributed by atoms with van der Waals surface area (Å²) in [5.74, 6) is 0.101. The third-order valence-electron chi connectivity index (χ3n) is 3.74. The van der Waals surface area contributed by atoms with E-state index in [1.54, 1.807) is 0 Å². The topological polar surface area (TPSA) is 95.9 Å². The lowest BCUT2D eigenvalue weighted by atomic mass is 9.74. The highest BCUT2D eigenvalue weighted by Gasteiger charge is 2.52. The van der Waals surface area contributed by atoms with E-state index in [2.05, 4.69) is 0 Å². The highest BCUT2D eigenvalue weighted by atomic mass is 16.5. The van der Waals surface area contributed by atoms with Gasteiger partial charge in [0.25, 0.3) is 0 Å². The number of hydrogen-bond acceptors (Lipinski definition) is 5. The summed E-state index contributed by atoms with van der Waals surface area (Å²) in [7, 11) is 0. The maximum Gasteiger partial charge on any atom is 0.110 e. The van der Waals surface area contributed by atoms with E-state index in [9.17, 15) is 10.2 Å². The summed E-state index contributed by atoms with van der Waals surface area (Å²) >= 11 is 0. The molecular weight excluding hydrogens is 210 g/mol. The molecule has 5 nitrogen and oxygen atoms in total. The van der Waals surface area contributed by atoms with Crippen molar-refractivity contribution < 1.29 is 20.1 Å². The number of aliphatic hydroxyl groups excluding tert-OH is 3. The predicted molar refractivity (Wildman–Crippen MR) is 59.8 cm³/mol. The van der Waals surface area contributed by atoms with Gasteiger partial charge in [-0.3, -0.25) is 0 Å². The van der Waals surface area contributed by atoms with Gasteiger partial charge in [0.1, 0.15) is 18.3 Å². The van der Waals surface area contributed by atoms with Gasteiger partial charge in [-0.15, -0.1) is 0 Å². The average Bonchev–Trinajstić information content (AvgIpc) is 2.27. The number of nitrogens with two attached hydrogens (primary N) is 1. The van der Waals surface area contributed by atoms with Crippen LogP contribution in [0.15, 0.2) is 0 Å². The van der Waals surface area contributed by atoms with Gasteiger partial charge < -0.3 is 25.8 Å². The summed E-state index contributed by atoms with van der Waals surface area (Å²) in [4.78, 5) is 0. The van der Waals surface area contributed by atoms with Gasteiger partial charge in [0, 0.05) is 0 Å². The van der Waals surface area contributed by atoms with E-state index in [4.69, 9.17) is 15.6 Å². The van der Waals surface area contributed by atoms with Crippen molar-refractivity contribution >= 4 is 0 Å². The van der Waals surface area contributed by atoms with Gasteiger partial charge in [0.15, 0.2) is 0 Å². The van der Waals surface area contributed by atoms with Crippen LogP contribution in [0.1, 0.15) is 27.2 Å². The van der Waals surface area contributed by atoms with Crippen LogP contribution in [-0.2, 0) is 4.74 Å². The molecule has 5 atom stereocenters. The van der Waals surface area contributed by atoms with Crippen LogP contribution >= 0.6 is 0 Å². The van der Waals surface area contributed by atoms with E-state index in [1.165, 1.54) is 0 Å². The van der Waals surface area contributed by atoms with E-state index >= 15 is 0 Å². The molecule has 1 rings (SSSR count). The zero-order valence-corrected chi connectivity index (χ0v) is 10.1. The third kappa shape index (κ3) is 1.98. The molecule has 0 amide bonds. The molecule has 0 aromatic rings. The normalized spacial score (nSPS) is 45.0. The Labute approximate surface area is 96.2 Å². The molecule has 3 unspecified atom stereocenters. The van der Waals surface area contributed by atoms with Crippen molar-refractivity contribution in [1.82, 2.24) is 0 Å². The fraction of sp³-hybridized carbons (Fsp3) is 1.00. The average molecular weight is 233 g/mol. The Morgan fingerprint density at radius 3 is 2.25 bits per heavy atom. The van der Waals surface area contributed by atoms with Crippen LogP contribution in [0.2, 0.25) is 0 Å². The molecule has 16 heavy (non-hydrogen) atoms. The van der Waals surface area contributed by atoms with Crippen LogP contribution in [0.4, 0.5) is 0 Å². The number of ether oxygens (including phenoxy) is 1. The Bertz CT molecular complexity index is 234. The summed E-state index contributed by atoms with van der Waals surface area (Å²) in [6.07, 6.45) is -2.32. The second-order valence-corrected chi connectivity index (χ2v) is 4.81. The van der Waals surface area contributed by atoms with Gasteiger partial charge in [-0.05, 0) is 12.3 Å². The fourth-order valence-corrected chi connectivity index (χ4v) is 2.55. The quantitative estimate of drug-likeness (QED) is 0.513. The lowest BCUT2D eigenvalue weighted by molar-refractivity contribution is -0.248. The van der Waals surface area contributed by atoms with Crippen LogP contribution in [0.25, 0.3) is 0 Å². The summed E-state index contributed by atoms with van der Waals surface area (Å²) in [6.45, 7) is 5.53. The minimum atomic E-state index is -1.13. The van der Waals surface area contributed by atoms with Crippen molar-refractivity contribution in [3.8, 4) is 0 Å². The first-order chi connectivity index (χ1) is 7.40. The molecule has 5 N–H and O–H groups in total. The molecule has 0 bridgehead atoms. The number of rotatable bonds is 3. The Morgan fingerprint density at radius 2 is 1.88 bits per heavy atom. The molecular formula is C11H23NO4. The van der Waals surface area contributed by atoms with Crippen LogP contribution in [0.3, 0.4) is 0 Å². The zero-order valence-electron chi connectivity index (χ0n) is 10.1. The van der Waals surface area contributed by atoms with Crippen LogP contribution in [0.5, 0.6) is 0 Å². The lowest BCUT2D eigenvalue weighted by Crippen LogP contribution is -2.69. The zero-order chi connectivity index (χ0) is 12.5. The second-order valence-electron chi connectivity index (χ2n) is 4.81. The Hall–Kier alpha value is -0.200. The van der Waals surface area contributed by atoms with Crippen molar-refractivity contribution in [3.63, 3.8) is 0 Å². The molecule has 1 fully saturated rings. The first kappa shape index (κ1) is 13.9. The summed E-state index contributed by atoms with van der Waals surface area (Å²) < 4.78 is 5.74. The van der Waals surface area contributed by atoms with Gasteiger partial charge in [0.05, 0.1) is 18.2 Å². The van der Waals surface area contributed by atoms with E-state index in [0.29, 0.717) is 6.42 Å². The van der Waals surface area contributed by atoms with E-state index < -0.39 is 30.0 Å².